The first-order valence-electron chi connectivity index (χ1n) is 6.99. The van der Waals surface area contributed by atoms with Gasteiger partial charge in [0.05, 0.1) is 5.60 Å². The molecule has 2 heteroatoms. The number of hydrogen-bond acceptors (Lipinski definition) is 2. The van der Waals surface area contributed by atoms with E-state index in [0.29, 0.717) is 12.1 Å². The lowest BCUT2D eigenvalue weighted by atomic mass is 9.93. The van der Waals surface area contributed by atoms with Crippen molar-refractivity contribution in [3.05, 3.63) is 35.9 Å². The van der Waals surface area contributed by atoms with Crippen molar-refractivity contribution in [3.63, 3.8) is 0 Å². The first-order chi connectivity index (χ1) is 8.55. The van der Waals surface area contributed by atoms with Gasteiger partial charge in [0, 0.05) is 18.7 Å². The first kappa shape index (κ1) is 13.6. The van der Waals surface area contributed by atoms with E-state index in [0.717, 1.165) is 25.9 Å². The second-order valence-electron chi connectivity index (χ2n) is 6.06. The van der Waals surface area contributed by atoms with E-state index in [1.807, 2.05) is 0 Å². The minimum atomic E-state index is 0.0301. The van der Waals surface area contributed by atoms with E-state index >= 15 is 0 Å². The third-order valence-corrected chi connectivity index (χ3v) is 3.60. The molecule has 1 aliphatic heterocycles. The van der Waals surface area contributed by atoms with E-state index in [4.69, 9.17) is 4.74 Å². The molecule has 2 atom stereocenters. The predicted molar refractivity (Wildman–Crippen MR) is 75.8 cm³/mol. The molecule has 1 N–H and O–H groups in total. The maximum Gasteiger partial charge on any atom is 0.0641 e. The zero-order valence-electron chi connectivity index (χ0n) is 11.8. The maximum absolute atomic E-state index is 5.76. The van der Waals surface area contributed by atoms with Gasteiger partial charge in [0.25, 0.3) is 0 Å². The quantitative estimate of drug-likeness (QED) is 0.882. The molecule has 1 aliphatic rings. The molecule has 0 saturated carbocycles. The smallest absolute Gasteiger partial charge is 0.0641 e. The van der Waals surface area contributed by atoms with Gasteiger partial charge in [-0.1, -0.05) is 30.3 Å². The Balaban J connectivity index is 1.82. The molecule has 0 aliphatic carbocycles. The van der Waals surface area contributed by atoms with Gasteiger partial charge in [-0.25, -0.2) is 0 Å². The summed E-state index contributed by atoms with van der Waals surface area (Å²) in [7, 11) is 0. The molecule has 100 valence electrons. The number of ether oxygens (including phenoxy) is 1. The molecule has 1 fully saturated rings. The summed E-state index contributed by atoms with van der Waals surface area (Å²) in [5.41, 5.74) is 1.44. The molecule has 0 amide bonds. The third-order valence-electron chi connectivity index (χ3n) is 3.60. The summed E-state index contributed by atoms with van der Waals surface area (Å²) in [6.07, 6.45) is 3.33. The van der Waals surface area contributed by atoms with Crippen LogP contribution in [0, 0.1) is 0 Å². The number of rotatable bonds is 4. The second-order valence-corrected chi connectivity index (χ2v) is 6.06. The van der Waals surface area contributed by atoms with E-state index in [-0.39, 0.29) is 5.60 Å². The van der Waals surface area contributed by atoms with Gasteiger partial charge >= 0.3 is 0 Å². The van der Waals surface area contributed by atoms with Crippen molar-refractivity contribution >= 4 is 0 Å². The van der Waals surface area contributed by atoms with Gasteiger partial charge in [0.2, 0.25) is 0 Å². The lowest BCUT2D eigenvalue weighted by Crippen LogP contribution is -2.47. The predicted octanol–water partition coefficient (Wildman–Crippen LogP) is 3.16. The second kappa shape index (κ2) is 5.85. The van der Waals surface area contributed by atoms with Gasteiger partial charge < -0.3 is 10.1 Å². The zero-order chi connectivity index (χ0) is 13.0. The van der Waals surface area contributed by atoms with Crippen LogP contribution in [-0.4, -0.2) is 24.3 Å². The summed E-state index contributed by atoms with van der Waals surface area (Å²) in [6, 6.07) is 11.8. The zero-order valence-corrected chi connectivity index (χ0v) is 11.8. The fourth-order valence-corrected chi connectivity index (χ4v) is 2.80. The lowest BCUT2D eigenvalue weighted by molar-refractivity contribution is -0.0639. The van der Waals surface area contributed by atoms with Gasteiger partial charge in [-0.15, -0.1) is 0 Å². The summed E-state index contributed by atoms with van der Waals surface area (Å²) in [6.45, 7) is 7.52. The Morgan fingerprint density at radius 2 is 2.06 bits per heavy atom. The van der Waals surface area contributed by atoms with E-state index in [9.17, 15) is 0 Å². The van der Waals surface area contributed by atoms with Crippen molar-refractivity contribution in [1.82, 2.24) is 5.32 Å². The molecule has 1 aromatic rings. The highest BCUT2D eigenvalue weighted by molar-refractivity contribution is 5.15. The third kappa shape index (κ3) is 4.11. The molecule has 2 nitrogen and oxygen atoms in total. The van der Waals surface area contributed by atoms with Crippen LogP contribution < -0.4 is 5.32 Å². The molecule has 1 aromatic carbocycles. The van der Waals surface area contributed by atoms with Gasteiger partial charge in [-0.2, -0.15) is 0 Å². The summed E-state index contributed by atoms with van der Waals surface area (Å²) in [5, 5.41) is 3.74. The first-order valence-corrected chi connectivity index (χ1v) is 6.99. The Morgan fingerprint density at radius 3 is 2.72 bits per heavy atom. The summed E-state index contributed by atoms with van der Waals surface area (Å²) < 4.78 is 5.76. The summed E-state index contributed by atoms with van der Waals surface area (Å²) >= 11 is 0. The Bertz CT molecular complexity index is 361. The van der Waals surface area contributed by atoms with Crippen molar-refractivity contribution < 1.29 is 4.74 Å². The fourth-order valence-electron chi connectivity index (χ4n) is 2.80. The molecule has 0 unspecified atom stereocenters. The van der Waals surface area contributed by atoms with Crippen LogP contribution in [0.4, 0.5) is 0 Å². The maximum atomic E-state index is 5.76. The molecule has 2 rings (SSSR count). The van der Waals surface area contributed by atoms with Crippen LogP contribution in [0.1, 0.15) is 39.2 Å². The standard InChI is InChI=1S/C16H25NO/c1-13(11-14-7-5-4-6-8-14)17-15-9-10-18-16(2,3)12-15/h4-8,13,15,17H,9-12H2,1-3H3/t13-,15-/m0/s1. The van der Waals surface area contributed by atoms with E-state index in [1.54, 1.807) is 0 Å². The van der Waals surface area contributed by atoms with Crippen LogP contribution in [0.25, 0.3) is 0 Å². The van der Waals surface area contributed by atoms with Crippen molar-refractivity contribution in [1.29, 1.82) is 0 Å². The van der Waals surface area contributed by atoms with E-state index < -0.39 is 0 Å². The Kier molecular flexibility index (Phi) is 4.41. The molecule has 0 radical (unpaired) electrons. The molecular weight excluding hydrogens is 222 g/mol. The summed E-state index contributed by atoms with van der Waals surface area (Å²) in [4.78, 5) is 0. The molecule has 0 spiro atoms. The van der Waals surface area contributed by atoms with Crippen LogP contribution in [0.3, 0.4) is 0 Å². The van der Waals surface area contributed by atoms with Crippen LogP contribution in [-0.2, 0) is 11.2 Å². The Labute approximate surface area is 111 Å². The highest BCUT2D eigenvalue weighted by Crippen LogP contribution is 2.24. The fraction of sp³-hybridized carbons (Fsp3) is 0.625. The number of nitrogens with one attached hydrogen (secondary N) is 1. The largest absolute Gasteiger partial charge is 0.375 e. The highest BCUT2D eigenvalue weighted by Gasteiger charge is 2.29. The lowest BCUT2D eigenvalue weighted by Gasteiger charge is -2.37. The van der Waals surface area contributed by atoms with Crippen LogP contribution in [0.2, 0.25) is 0 Å². The van der Waals surface area contributed by atoms with Crippen LogP contribution >= 0.6 is 0 Å². The summed E-state index contributed by atoms with van der Waals surface area (Å²) in [5.74, 6) is 0. The molecule has 18 heavy (non-hydrogen) atoms. The van der Waals surface area contributed by atoms with Crippen LogP contribution in [0.5, 0.6) is 0 Å². The topological polar surface area (TPSA) is 21.3 Å². The van der Waals surface area contributed by atoms with Crippen molar-refractivity contribution in [2.75, 3.05) is 6.61 Å². The number of benzene rings is 1. The average molecular weight is 247 g/mol. The molecule has 0 aromatic heterocycles. The van der Waals surface area contributed by atoms with Gasteiger partial charge in [-0.05, 0) is 45.6 Å². The minimum Gasteiger partial charge on any atom is -0.375 e. The van der Waals surface area contributed by atoms with E-state index in [2.05, 4.69) is 56.4 Å². The highest BCUT2D eigenvalue weighted by atomic mass is 16.5. The van der Waals surface area contributed by atoms with Crippen molar-refractivity contribution in [2.24, 2.45) is 0 Å². The minimum absolute atomic E-state index is 0.0301. The average Bonchev–Trinajstić information content (AvgIpc) is 2.28. The Morgan fingerprint density at radius 1 is 1.33 bits per heavy atom. The van der Waals surface area contributed by atoms with Crippen LogP contribution in [0.15, 0.2) is 30.3 Å². The van der Waals surface area contributed by atoms with Gasteiger partial charge in [0.1, 0.15) is 0 Å². The van der Waals surface area contributed by atoms with Gasteiger partial charge in [0.15, 0.2) is 0 Å². The number of hydrogen-bond donors (Lipinski definition) is 1. The van der Waals surface area contributed by atoms with Crippen molar-refractivity contribution in [2.45, 2.75) is 57.7 Å². The molecular formula is C16H25NO. The normalized spacial score (nSPS) is 24.7. The van der Waals surface area contributed by atoms with Gasteiger partial charge in [-0.3, -0.25) is 0 Å². The SMILES string of the molecule is C[C@@H](Cc1ccccc1)N[C@H]1CCOC(C)(C)C1. The monoisotopic (exact) mass is 247 g/mol. The van der Waals surface area contributed by atoms with Crippen molar-refractivity contribution in [3.8, 4) is 0 Å². The molecule has 0 bridgehead atoms. The molecule has 1 saturated heterocycles. The molecule has 1 heterocycles. The Hall–Kier alpha value is -0.860. The van der Waals surface area contributed by atoms with E-state index in [1.165, 1.54) is 5.56 Å².